The van der Waals surface area contributed by atoms with Gasteiger partial charge in [-0.15, -0.1) is 0 Å². The van der Waals surface area contributed by atoms with Crippen molar-refractivity contribution in [1.82, 2.24) is 10.1 Å². The number of methoxy groups -OCH3 is 1. The van der Waals surface area contributed by atoms with Crippen LogP contribution in [-0.2, 0) is 17.6 Å². The molecule has 33 heavy (non-hydrogen) atoms. The van der Waals surface area contributed by atoms with Crippen molar-refractivity contribution < 1.29 is 18.8 Å². The summed E-state index contributed by atoms with van der Waals surface area (Å²) >= 11 is 0. The molecule has 1 aliphatic carbocycles. The molecule has 7 nitrogen and oxygen atoms in total. The van der Waals surface area contributed by atoms with Gasteiger partial charge in [0.05, 0.1) is 13.2 Å². The van der Waals surface area contributed by atoms with Crippen LogP contribution in [-0.4, -0.2) is 29.1 Å². The standard InChI is InChI=1S/C26H30N2O5/c1-31-22-11-7-18(8-12-22)15-20(25-27-26(30)33-28-25)17-21(29)16-19-9-13-24(14-10-19)32-23-5-3-2-4-6-23/h7-14,20,23H,2-6,15-17H2,1H3,(H,27,28,30). The van der Waals surface area contributed by atoms with Crippen LogP contribution in [0.2, 0.25) is 0 Å². The fraction of sp³-hybridized carbons (Fsp3) is 0.423. The molecule has 1 aliphatic rings. The molecule has 1 unspecified atom stereocenters. The molecule has 0 spiro atoms. The summed E-state index contributed by atoms with van der Waals surface area (Å²) in [5.41, 5.74) is 1.95. The van der Waals surface area contributed by atoms with Crippen molar-refractivity contribution in [3.8, 4) is 11.5 Å². The third-order valence-corrected chi connectivity index (χ3v) is 6.14. The number of aromatic nitrogens is 2. The molecule has 3 aromatic rings. The zero-order valence-corrected chi connectivity index (χ0v) is 18.9. The van der Waals surface area contributed by atoms with Gasteiger partial charge in [-0.05, 0) is 67.5 Å². The van der Waals surface area contributed by atoms with Gasteiger partial charge >= 0.3 is 5.76 Å². The number of H-pyrrole nitrogens is 1. The van der Waals surface area contributed by atoms with Crippen molar-refractivity contribution in [3.63, 3.8) is 0 Å². The molecule has 1 saturated carbocycles. The smallest absolute Gasteiger partial charge is 0.438 e. The Kier molecular flexibility index (Phi) is 7.60. The summed E-state index contributed by atoms with van der Waals surface area (Å²) in [6.45, 7) is 0. The largest absolute Gasteiger partial charge is 0.497 e. The van der Waals surface area contributed by atoms with Crippen molar-refractivity contribution in [1.29, 1.82) is 0 Å². The van der Waals surface area contributed by atoms with Crippen LogP contribution in [0.4, 0.5) is 0 Å². The number of carbonyl (C=O) groups is 1. The van der Waals surface area contributed by atoms with E-state index in [0.29, 0.717) is 24.8 Å². The third kappa shape index (κ3) is 6.57. The lowest BCUT2D eigenvalue weighted by molar-refractivity contribution is -0.118. The second kappa shape index (κ2) is 11.0. The van der Waals surface area contributed by atoms with Crippen molar-refractivity contribution in [2.24, 2.45) is 0 Å². The number of carbonyl (C=O) groups excluding carboxylic acids is 1. The molecule has 0 amide bonds. The number of hydrogen-bond acceptors (Lipinski definition) is 6. The van der Waals surface area contributed by atoms with Crippen LogP contribution in [0.5, 0.6) is 11.5 Å². The van der Waals surface area contributed by atoms with E-state index in [1.807, 2.05) is 48.5 Å². The highest BCUT2D eigenvalue weighted by Crippen LogP contribution is 2.26. The second-order valence-corrected chi connectivity index (χ2v) is 8.67. The maximum Gasteiger partial charge on any atom is 0.438 e. The van der Waals surface area contributed by atoms with Gasteiger partial charge < -0.3 is 9.47 Å². The van der Waals surface area contributed by atoms with E-state index in [1.54, 1.807) is 7.11 Å². The van der Waals surface area contributed by atoms with E-state index in [1.165, 1.54) is 19.3 Å². The summed E-state index contributed by atoms with van der Waals surface area (Å²) in [4.78, 5) is 27.0. The first-order valence-corrected chi connectivity index (χ1v) is 11.5. The van der Waals surface area contributed by atoms with E-state index >= 15 is 0 Å². The van der Waals surface area contributed by atoms with Crippen LogP contribution >= 0.6 is 0 Å². The Morgan fingerprint density at radius 2 is 1.70 bits per heavy atom. The molecule has 1 fully saturated rings. The van der Waals surface area contributed by atoms with E-state index < -0.39 is 5.76 Å². The Hall–Kier alpha value is -3.35. The lowest BCUT2D eigenvalue weighted by Crippen LogP contribution is -2.19. The number of rotatable bonds is 10. The molecule has 1 N–H and O–H groups in total. The molecule has 0 saturated heterocycles. The van der Waals surface area contributed by atoms with Crippen LogP contribution in [0.3, 0.4) is 0 Å². The number of aromatic amines is 1. The molecule has 4 rings (SSSR count). The summed E-state index contributed by atoms with van der Waals surface area (Å²) in [5, 5.41) is 3.84. The minimum atomic E-state index is -0.620. The van der Waals surface area contributed by atoms with Crippen molar-refractivity contribution in [2.45, 2.75) is 63.4 Å². The van der Waals surface area contributed by atoms with Gasteiger partial charge in [-0.25, -0.2) is 4.79 Å². The van der Waals surface area contributed by atoms with Gasteiger partial charge in [-0.1, -0.05) is 35.8 Å². The molecular weight excluding hydrogens is 420 g/mol. The average molecular weight is 451 g/mol. The number of ether oxygens (including phenoxy) is 2. The van der Waals surface area contributed by atoms with Gasteiger partial charge in [0.1, 0.15) is 17.3 Å². The number of nitrogens with one attached hydrogen (secondary N) is 1. The topological polar surface area (TPSA) is 94.4 Å². The van der Waals surface area contributed by atoms with E-state index in [-0.39, 0.29) is 18.1 Å². The molecule has 1 heterocycles. The number of nitrogens with zero attached hydrogens (tertiary/aromatic N) is 1. The highest BCUT2D eigenvalue weighted by atomic mass is 16.5. The first-order valence-electron chi connectivity index (χ1n) is 11.5. The van der Waals surface area contributed by atoms with Gasteiger partial charge in [0, 0.05) is 18.8 Å². The Morgan fingerprint density at radius 3 is 2.33 bits per heavy atom. The summed E-state index contributed by atoms with van der Waals surface area (Å²) in [6, 6.07) is 15.4. The van der Waals surface area contributed by atoms with Gasteiger partial charge in [0.25, 0.3) is 0 Å². The first-order chi connectivity index (χ1) is 16.1. The van der Waals surface area contributed by atoms with Crippen molar-refractivity contribution >= 4 is 5.78 Å². The van der Waals surface area contributed by atoms with Gasteiger partial charge in [0.15, 0.2) is 5.82 Å². The van der Waals surface area contributed by atoms with E-state index in [4.69, 9.17) is 9.47 Å². The molecule has 0 bridgehead atoms. The number of ketones is 1. The molecule has 1 aromatic heterocycles. The minimum absolute atomic E-state index is 0.0679. The van der Waals surface area contributed by atoms with E-state index in [0.717, 1.165) is 35.5 Å². The van der Waals surface area contributed by atoms with E-state index in [2.05, 4.69) is 14.7 Å². The summed E-state index contributed by atoms with van der Waals surface area (Å²) in [7, 11) is 1.62. The number of benzene rings is 2. The normalized spacial score (nSPS) is 15.2. The van der Waals surface area contributed by atoms with Crippen LogP contribution in [0.1, 0.15) is 61.4 Å². The lowest BCUT2D eigenvalue weighted by atomic mass is 9.91. The predicted molar refractivity (Wildman–Crippen MR) is 124 cm³/mol. The van der Waals surface area contributed by atoms with Gasteiger partial charge in [-0.3, -0.25) is 14.3 Å². The zero-order chi connectivity index (χ0) is 23.0. The lowest BCUT2D eigenvalue weighted by Gasteiger charge is -2.23. The van der Waals surface area contributed by atoms with Crippen molar-refractivity contribution in [3.05, 3.63) is 76.0 Å². The minimum Gasteiger partial charge on any atom is -0.497 e. The predicted octanol–water partition coefficient (Wildman–Crippen LogP) is 4.61. The third-order valence-electron chi connectivity index (χ3n) is 6.14. The van der Waals surface area contributed by atoms with Gasteiger partial charge in [0.2, 0.25) is 0 Å². The molecular formula is C26H30N2O5. The Labute approximate surface area is 193 Å². The van der Waals surface area contributed by atoms with Gasteiger partial charge in [-0.2, -0.15) is 0 Å². The fourth-order valence-electron chi connectivity index (χ4n) is 4.37. The highest BCUT2D eigenvalue weighted by molar-refractivity contribution is 5.81. The fourth-order valence-corrected chi connectivity index (χ4v) is 4.37. The number of hydrogen-bond donors (Lipinski definition) is 1. The molecule has 2 aromatic carbocycles. The average Bonchev–Trinajstić information content (AvgIpc) is 3.27. The summed E-state index contributed by atoms with van der Waals surface area (Å²) in [5.74, 6) is 1.17. The molecule has 0 aliphatic heterocycles. The SMILES string of the molecule is COc1ccc(CC(CC(=O)Cc2ccc(OC3CCCCC3)cc2)c2noc(=O)[nH]2)cc1. The summed E-state index contributed by atoms with van der Waals surface area (Å²) < 4.78 is 16.0. The Bertz CT molecular complexity index is 1080. The Morgan fingerprint density at radius 1 is 1.03 bits per heavy atom. The molecule has 7 heteroatoms. The molecule has 1 atom stereocenters. The zero-order valence-electron chi connectivity index (χ0n) is 18.9. The maximum absolute atomic E-state index is 12.9. The monoisotopic (exact) mass is 450 g/mol. The quantitative estimate of drug-likeness (QED) is 0.485. The summed E-state index contributed by atoms with van der Waals surface area (Å²) in [6.07, 6.45) is 7.38. The highest BCUT2D eigenvalue weighted by Gasteiger charge is 2.21. The van der Waals surface area contributed by atoms with Crippen LogP contribution in [0.15, 0.2) is 57.8 Å². The molecule has 0 radical (unpaired) electrons. The molecule has 174 valence electrons. The maximum atomic E-state index is 12.9. The van der Waals surface area contributed by atoms with Crippen LogP contribution in [0, 0.1) is 0 Å². The first kappa shape index (κ1) is 22.8. The Balaban J connectivity index is 1.38. The van der Waals surface area contributed by atoms with Crippen LogP contribution < -0.4 is 15.2 Å². The van der Waals surface area contributed by atoms with Crippen LogP contribution in [0.25, 0.3) is 0 Å². The van der Waals surface area contributed by atoms with E-state index in [9.17, 15) is 9.59 Å². The number of Topliss-reactive ketones (excluding diaryl/α,β-unsaturated/α-hetero) is 1. The van der Waals surface area contributed by atoms with Crippen molar-refractivity contribution in [2.75, 3.05) is 7.11 Å². The second-order valence-electron chi connectivity index (χ2n) is 8.67.